The van der Waals surface area contributed by atoms with Crippen LogP contribution < -0.4 is 0 Å². The Hall–Kier alpha value is -0.845. The average Bonchev–Trinajstić information content (AvgIpc) is 2.58. The van der Waals surface area contributed by atoms with Gasteiger partial charge in [-0.3, -0.25) is 9.69 Å². The van der Waals surface area contributed by atoms with Crippen molar-refractivity contribution in [3.63, 3.8) is 0 Å². The summed E-state index contributed by atoms with van der Waals surface area (Å²) in [5.41, 5.74) is -0.194. The van der Waals surface area contributed by atoms with Crippen molar-refractivity contribution in [3.8, 4) is 0 Å². The number of hydrogen-bond donors (Lipinski definition) is 1. The molecule has 0 amide bonds. The van der Waals surface area contributed by atoms with E-state index in [1.165, 1.54) is 5.47 Å². The van der Waals surface area contributed by atoms with Crippen LogP contribution in [0.15, 0.2) is 11.5 Å². The second kappa shape index (κ2) is 5.66. The largest absolute Gasteiger partial charge is 0.490 e. The van der Waals surface area contributed by atoms with Crippen molar-refractivity contribution in [2.45, 2.75) is 59.2 Å². The summed E-state index contributed by atoms with van der Waals surface area (Å²) in [6.45, 7) is 13.9. The van der Waals surface area contributed by atoms with E-state index in [1.54, 1.807) is 13.8 Å². The maximum absolute atomic E-state index is 11.2. The highest BCUT2D eigenvalue weighted by molar-refractivity contribution is 6.54. The minimum Gasteiger partial charge on any atom is -0.481 e. The molecule has 2 rings (SSSR count). The summed E-state index contributed by atoms with van der Waals surface area (Å²) >= 11 is 0. The zero-order chi connectivity index (χ0) is 16.8. The van der Waals surface area contributed by atoms with Gasteiger partial charge in [0.05, 0.1) is 16.6 Å². The Labute approximate surface area is 133 Å². The van der Waals surface area contributed by atoms with E-state index in [9.17, 15) is 9.90 Å². The van der Waals surface area contributed by atoms with Gasteiger partial charge in [0, 0.05) is 19.6 Å². The third-order valence-corrected chi connectivity index (χ3v) is 5.08. The van der Waals surface area contributed by atoms with Crippen LogP contribution in [0.4, 0.5) is 0 Å². The van der Waals surface area contributed by atoms with Crippen LogP contribution in [0.1, 0.15) is 48.0 Å². The van der Waals surface area contributed by atoms with Crippen LogP contribution in [0.3, 0.4) is 0 Å². The molecular formula is C16H28BNO4. The van der Waals surface area contributed by atoms with Gasteiger partial charge >= 0.3 is 13.1 Å². The number of carboxylic acids is 1. The first-order valence-corrected chi connectivity index (χ1v) is 7.95. The molecule has 1 fully saturated rings. The molecule has 124 valence electrons. The van der Waals surface area contributed by atoms with Gasteiger partial charge in [0.1, 0.15) is 0 Å². The van der Waals surface area contributed by atoms with E-state index in [2.05, 4.69) is 38.7 Å². The zero-order valence-electron chi connectivity index (χ0n) is 14.6. The minimum atomic E-state index is -0.756. The van der Waals surface area contributed by atoms with Crippen molar-refractivity contribution in [2.75, 3.05) is 19.6 Å². The molecule has 2 aliphatic heterocycles. The van der Waals surface area contributed by atoms with Crippen LogP contribution in [-0.2, 0) is 14.1 Å². The quantitative estimate of drug-likeness (QED) is 0.808. The van der Waals surface area contributed by atoms with E-state index >= 15 is 0 Å². The van der Waals surface area contributed by atoms with E-state index in [1.807, 2.05) is 0 Å². The van der Waals surface area contributed by atoms with E-state index in [0.29, 0.717) is 6.54 Å². The summed E-state index contributed by atoms with van der Waals surface area (Å²) in [5, 5.41) is 9.23. The van der Waals surface area contributed by atoms with Crippen molar-refractivity contribution in [2.24, 2.45) is 5.41 Å². The van der Waals surface area contributed by atoms with Gasteiger partial charge in [0.2, 0.25) is 0 Å². The Morgan fingerprint density at radius 3 is 2.27 bits per heavy atom. The predicted molar refractivity (Wildman–Crippen MR) is 86.6 cm³/mol. The minimum absolute atomic E-state index is 0.278. The molecule has 1 saturated heterocycles. The van der Waals surface area contributed by atoms with Crippen molar-refractivity contribution in [3.05, 3.63) is 11.5 Å². The van der Waals surface area contributed by atoms with E-state index in [0.717, 1.165) is 19.5 Å². The lowest BCUT2D eigenvalue weighted by molar-refractivity contribution is -0.147. The normalized spacial score (nSPS) is 25.2. The molecule has 0 atom stereocenters. The molecule has 0 unspecified atom stereocenters. The summed E-state index contributed by atoms with van der Waals surface area (Å²) in [5.74, 6) is -0.756. The summed E-state index contributed by atoms with van der Waals surface area (Å²) in [4.78, 5) is 13.4. The molecule has 6 heteroatoms. The molecule has 0 aromatic rings. The van der Waals surface area contributed by atoms with Crippen LogP contribution in [0, 0.1) is 5.41 Å². The molecule has 0 aliphatic carbocycles. The first-order valence-electron chi connectivity index (χ1n) is 7.95. The molecule has 0 radical (unpaired) electrons. The first kappa shape index (κ1) is 17.5. The number of nitrogens with zero attached hydrogens (tertiary/aromatic N) is 1. The molecule has 0 bridgehead atoms. The highest BCUT2D eigenvalue weighted by Crippen LogP contribution is 2.39. The van der Waals surface area contributed by atoms with Gasteiger partial charge in [-0.25, -0.2) is 0 Å². The average molecular weight is 309 g/mol. The van der Waals surface area contributed by atoms with E-state index in [4.69, 9.17) is 9.31 Å². The van der Waals surface area contributed by atoms with Crippen molar-refractivity contribution in [1.29, 1.82) is 0 Å². The molecule has 0 aromatic carbocycles. The Kier molecular flexibility index (Phi) is 4.50. The number of carboxylic acid groups (broad SMARTS) is 1. The van der Waals surface area contributed by atoms with Gasteiger partial charge in [-0.1, -0.05) is 6.08 Å². The predicted octanol–water partition coefficient (Wildman–Crippen LogP) is 2.36. The fourth-order valence-electron chi connectivity index (χ4n) is 2.71. The lowest BCUT2D eigenvalue weighted by atomic mass is 9.74. The van der Waals surface area contributed by atoms with Crippen LogP contribution in [0.25, 0.3) is 0 Å². The van der Waals surface area contributed by atoms with Gasteiger partial charge in [-0.2, -0.15) is 0 Å². The highest BCUT2D eigenvalue weighted by Gasteiger charge is 2.52. The van der Waals surface area contributed by atoms with Gasteiger partial charge in [-0.15, -0.1) is 0 Å². The van der Waals surface area contributed by atoms with Crippen molar-refractivity contribution >= 4 is 13.1 Å². The topological polar surface area (TPSA) is 59.0 Å². The second-order valence-corrected chi connectivity index (χ2v) is 8.04. The van der Waals surface area contributed by atoms with Crippen molar-refractivity contribution < 1.29 is 19.2 Å². The smallest absolute Gasteiger partial charge is 0.481 e. The fourth-order valence-corrected chi connectivity index (χ4v) is 2.71. The summed E-state index contributed by atoms with van der Waals surface area (Å²) in [6.07, 6.45) is 2.98. The molecule has 2 aliphatic rings. The number of rotatable bonds is 4. The lowest BCUT2D eigenvalue weighted by Gasteiger charge is -2.32. The molecular weight excluding hydrogens is 281 g/mol. The van der Waals surface area contributed by atoms with Crippen LogP contribution in [0.2, 0.25) is 0 Å². The van der Waals surface area contributed by atoms with Crippen LogP contribution in [-0.4, -0.2) is 53.9 Å². The first-order chi connectivity index (χ1) is 9.95. The monoisotopic (exact) mass is 309 g/mol. The number of carbonyl (C=O) groups is 1. The van der Waals surface area contributed by atoms with Crippen LogP contribution >= 0.6 is 0 Å². The Morgan fingerprint density at radius 2 is 1.86 bits per heavy atom. The Morgan fingerprint density at radius 1 is 1.32 bits per heavy atom. The van der Waals surface area contributed by atoms with Gasteiger partial charge in [0.25, 0.3) is 0 Å². The summed E-state index contributed by atoms with van der Waals surface area (Å²) in [7, 11) is -0.278. The SMILES string of the molecule is CC(C)(CN1CC=C(B2OC(C)(C)C(C)(C)O2)CC1)C(=O)O. The fraction of sp³-hybridized carbons (Fsp3) is 0.812. The van der Waals surface area contributed by atoms with E-state index in [-0.39, 0.29) is 18.3 Å². The van der Waals surface area contributed by atoms with Crippen molar-refractivity contribution in [1.82, 2.24) is 4.90 Å². The standard InChI is InChI=1S/C16H28BNO4/c1-14(2,13(19)20)11-18-9-7-12(8-10-18)17-21-15(3,4)16(5,6)22-17/h7H,8-11H2,1-6H3,(H,19,20). The molecule has 1 N–H and O–H groups in total. The number of hydrogen-bond acceptors (Lipinski definition) is 4. The molecule has 22 heavy (non-hydrogen) atoms. The lowest BCUT2D eigenvalue weighted by Crippen LogP contribution is -2.42. The molecule has 0 spiro atoms. The van der Waals surface area contributed by atoms with E-state index < -0.39 is 11.4 Å². The molecule has 2 heterocycles. The maximum atomic E-state index is 11.2. The second-order valence-electron chi connectivity index (χ2n) is 8.04. The summed E-state index contributed by atoms with van der Waals surface area (Å²) < 4.78 is 12.1. The maximum Gasteiger partial charge on any atom is 0.490 e. The third kappa shape index (κ3) is 3.39. The Balaban J connectivity index is 1.97. The number of aliphatic carboxylic acids is 1. The summed E-state index contributed by atoms with van der Waals surface area (Å²) in [6, 6.07) is 0. The molecule has 0 saturated carbocycles. The van der Waals surface area contributed by atoms with Crippen LogP contribution in [0.5, 0.6) is 0 Å². The van der Waals surface area contributed by atoms with Gasteiger partial charge < -0.3 is 14.4 Å². The zero-order valence-corrected chi connectivity index (χ0v) is 14.6. The third-order valence-electron chi connectivity index (χ3n) is 5.08. The van der Waals surface area contributed by atoms with Gasteiger partial charge in [0.15, 0.2) is 0 Å². The van der Waals surface area contributed by atoms with Gasteiger partial charge in [-0.05, 0) is 53.4 Å². The molecule has 5 nitrogen and oxygen atoms in total. The highest BCUT2D eigenvalue weighted by atomic mass is 16.7. The Bertz CT molecular complexity index is 469. The molecule has 0 aromatic heterocycles.